The van der Waals surface area contributed by atoms with Gasteiger partial charge in [-0.1, -0.05) is 36.4 Å². The highest BCUT2D eigenvalue weighted by Crippen LogP contribution is 2.22. The highest BCUT2D eigenvalue weighted by molar-refractivity contribution is 5.87. The minimum Gasteiger partial charge on any atom is -0.465 e. The minimum atomic E-state index is -1.13. The van der Waals surface area contributed by atoms with E-state index in [1.54, 1.807) is 12.1 Å². The topological polar surface area (TPSA) is 117 Å². The molecule has 7 nitrogen and oxygen atoms in total. The molecule has 1 unspecified atom stereocenters. The summed E-state index contributed by atoms with van der Waals surface area (Å²) in [4.78, 5) is 24.3. The Bertz CT molecular complexity index is 972. The Morgan fingerprint density at radius 3 is 2.50 bits per heavy atom. The number of hydrogen-bond acceptors (Lipinski definition) is 4. The molecule has 0 saturated carbocycles. The number of hydrogen-bond donors (Lipinski definition) is 2. The van der Waals surface area contributed by atoms with Gasteiger partial charge in [-0.3, -0.25) is 9.69 Å². The van der Waals surface area contributed by atoms with Crippen LogP contribution in [0.2, 0.25) is 0 Å². The Morgan fingerprint density at radius 2 is 1.93 bits per heavy atom. The summed E-state index contributed by atoms with van der Waals surface area (Å²) >= 11 is 0. The van der Waals surface area contributed by atoms with Crippen molar-refractivity contribution in [2.75, 3.05) is 6.54 Å². The lowest BCUT2D eigenvalue weighted by molar-refractivity contribution is -0.129. The van der Waals surface area contributed by atoms with Crippen LogP contribution in [-0.2, 0) is 11.2 Å². The lowest BCUT2D eigenvalue weighted by Crippen LogP contribution is -2.59. The van der Waals surface area contributed by atoms with Crippen molar-refractivity contribution in [3.8, 4) is 23.3 Å². The van der Waals surface area contributed by atoms with Gasteiger partial charge < -0.3 is 10.4 Å². The third-order valence-electron chi connectivity index (χ3n) is 4.76. The number of likely N-dealkylation sites (tertiary alicyclic amines) is 1. The molecule has 2 atom stereocenters. The number of carboxylic acid groups (broad SMARTS) is 1. The molecule has 2 amide bonds. The summed E-state index contributed by atoms with van der Waals surface area (Å²) in [5.41, 5.74) is 3.33. The van der Waals surface area contributed by atoms with Crippen LogP contribution < -0.4 is 5.32 Å². The molecule has 1 aliphatic heterocycles. The van der Waals surface area contributed by atoms with E-state index in [2.05, 4.69) is 17.5 Å². The first kappa shape index (κ1) is 18.9. The molecule has 1 heterocycles. The second-order valence-corrected chi connectivity index (χ2v) is 6.56. The van der Waals surface area contributed by atoms with E-state index in [9.17, 15) is 14.9 Å². The first-order valence-corrected chi connectivity index (χ1v) is 8.81. The van der Waals surface area contributed by atoms with Gasteiger partial charge in [0.05, 0.1) is 17.7 Å². The van der Waals surface area contributed by atoms with E-state index in [1.807, 2.05) is 36.4 Å². The van der Waals surface area contributed by atoms with E-state index in [0.29, 0.717) is 24.9 Å². The number of carbonyl (C=O) groups is 2. The molecule has 2 N–H and O–H groups in total. The van der Waals surface area contributed by atoms with Gasteiger partial charge in [0.15, 0.2) is 0 Å². The van der Waals surface area contributed by atoms with Gasteiger partial charge in [-0.2, -0.15) is 10.5 Å². The van der Waals surface area contributed by atoms with E-state index in [0.717, 1.165) is 21.6 Å². The van der Waals surface area contributed by atoms with Crippen molar-refractivity contribution < 1.29 is 14.7 Å². The first-order valence-electron chi connectivity index (χ1n) is 8.81. The summed E-state index contributed by atoms with van der Waals surface area (Å²) in [6.07, 6.45) is -0.344. The number of nitrogens with one attached hydrogen (secondary N) is 1. The predicted molar refractivity (Wildman–Crippen MR) is 101 cm³/mol. The summed E-state index contributed by atoms with van der Waals surface area (Å²) in [6.45, 7) is 0.332. The molecule has 1 saturated heterocycles. The molecular weight excluding hydrogens is 356 g/mol. The van der Waals surface area contributed by atoms with Crippen LogP contribution in [0.15, 0.2) is 48.5 Å². The molecule has 0 bridgehead atoms. The average molecular weight is 374 g/mol. The molecule has 0 aromatic heterocycles. The summed E-state index contributed by atoms with van der Waals surface area (Å²) in [6, 6.07) is 17.5. The minimum absolute atomic E-state index is 0.320. The van der Waals surface area contributed by atoms with Crippen LogP contribution in [0.1, 0.15) is 17.5 Å². The van der Waals surface area contributed by atoms with E-state index >= 15 is 0 Å². The molecule has 1 fully saturated rings. The Morgan fingerprint density at radius 1 is 1.18 bits per heavy atom. The monoisotopic (exact) mass is 374 g/mol. The molecule has 2 aromatic rings. The van der Waals surface area contributed by atoms with E-state index in [1.165, 1.54) is 0 Å². The molecule has 28 heavy (non-hydrogen) atoms. The Labute approximate surface area is 162 Å². The number of nitriles is 2. The van der Waals surface area contributed by atoms with Gasteiger partial charge in [-0.25, -0.2) is 4.79 Å². The molecule has 7 heteroatoms. The zero-order chi connectivity index (χ0) is 20.1. The van der Waals surface area contributed by atoms with Gasteiger partial charge in [0.25, 0.3) is 0 Å². The quantitative estimate of drug-likeness (QED) is 0.834. The largest absolute Gasteiger partial charge is 0.465 e. The lowest BCUT2D eigenvalue weighted by atomic mass is 9.99. The van der Waals surface area contributed by atoms with Gasteiger partial charge in [0, 0.05) is 13.0 Å². The molecule has 0 spiro atoms. The van der Waals surface area contributed by atoms with Crippen LogP contribution >= 0.6 is 0 Å². The highest BCUT2D eigenvalue weighted by Gasteiger charge is 2.38. The SMILES string of the molecule is N#Cc1cccc(-c2ccc(C[C@@H](C#N)NC(=O)C3CCN3C(=O)O)cc2)c1. The van der Waals surface area contributed by atoms with Gasteiger partial charge in [-0.15, -0.1) is 0 Å². The number of amides is 2. The van der Waals surface area contributed by atoms with Crippen LogP contribution in [0, 0.1) is 22.7 Å². The van der Waals surface area contributed by atoms with Crippen molar-refractivity contribution in [2.45, 2.75) is 24.9 Å². The summed E-state index contributed by atoms with van der Waals surface area (Å²) in [5.74, 6) is -0.440. The van der Waals surface area contributed by atoms with Crippen molar-refractivity contribution in [3.05, 3.63) is 59.7 Å². The van der Waals surface area contributed by atoms with Crippen molar-refractivity contribution >= 4 is 12.0 Å². The number of rotatable bonds is 5. The second kappa shape index (κ2) is 8.24. The molecule has 140 valence electrons. The van der Waals surface area contributed by atoms with Gasteiger partial charge >= 0.3 is 6.09 Å². The normalized spacial score (nSPS) is 16.2. The van der Waals surface area contributed by atoms with Crippen LogP contribution in [0.5, 0.6) is 0 Å². The van der Waals surface area contributed by atoms with Gasteiger partial charge in [0.2, 0.25) is 5.91 Å². The maximum Gasteiger partial charge on any atom is 0.407 e. The van der Waals surface area contributed by atoms with E-state index < -0.39 is 24.1 Å². The average Bonchev–Trinajstić information content (AvgIpc) is 2.66. The zero-order valence-corrected chi connectivity index (χ0v) is 15.0. The molecular formula is C21H18N4O3. The standard InChI is InChI=1S/C21H18N4O3/c22-12-15-2-1-3-17(10-15)16-6-4-14(5-7-16)11-18(13-23)24-20(26)19-8-9-25(19)21(27)28/h1-7,10,18-19H,8-9,11H2,(H,24,26)(H,27,28)/t18-,19?/m0/s1. The van der Waals surface area contributed by atoms with Crippen molar-refractivity contribution in [1.29, 1.82) is 10.5 Å². The molecule has 0 radical (unpaired) electrons. The highest BCUT2D eigenvalue weighted by atomic mass is 16.4. The van der Waals surface area contributed by atoms with E-state index in [4.69, 9.17) is 10.4 Å². The third-order valence-corrected chi connectivity index (χ3v) is 4.76. The number of nitrogens with zero attached hydrogens (tertiary/aromatic N) is 3. The smallest absolute Gasteiger partial charge is 0.407 e. The summed E-state index contributed by atoms with van der Waals surface area (Å²) in [5, 5.41) is 30.0. The fourth-order valence-corrected chi connectivity index (χ4v) is 3.12. The van der Waals surface area contributed by atoms with Gasteiger partial charge in [-0.05, 0) is 35.2 Å². The summed E-state index contributed by atoms with van der Waals surface area (Å²) in [7, 11) is 0. The summed E-state index contributed by atoms with van der Waals surface area (Å²) < 4.78 is 0. The number of benzene rings is 2. The Kier molecular flexibility index (Phi) is 5.57. The van der Waals surface area contributed by atoms with Crippen LogP contribution in [-0.4, -0.2) is 40.6 Å². The van der Waals surface area contributed by atoms with Crippen molar-refractivity contribution in [1.82, 2.24) is 10.2 Å². The molecule has 3 rings (SSSR count). The van der Waals surface area contributed by atoms with Crippen LogP contribution in [0.3, 0.4) is 0 Å². The van der Waals surface area contributed by atoms with Crippen molar-refractivity contribution in [3.63, 3.8) is 0 Å². The maximum absolute atomic E-state index is 12.2. The zero-order valence-electron chi connectivity index (χ0n) is 15.0. The number of carbonyl (C=O) groups excluding carboxylic acids is 1. The van der Waals surface area contributed by atoms with E-state index in [-0.39, 0.29) is 0 Å². The predicted octanol–water partition coefficient (Wildman–Crippen LogP) is 2.53. The maximum atomic E-state index is 12.2. The molecule has 0 aliphatic carbocycles. The third kappa shape index (κ3) is 4.11. The Hall–Kier alpha value is -3.84. The lowest BCUT2D eigenvalue weighted by Gasteiger charge is -2.37. The first-order chi connectivity index (χ1) is 13.5. The molecule has 1 aliphatic rings. The van der Waals surface area contributed by atoms with Crippen LogP contribution in [0.4, 0.5) is 4.79 Å². The molecule has 2 aromatic carbocycles. The second-order valence-electron chi connectivity index (χ2n) is 6.56. The van der Waals surface area contributed by atoms with Crippen molar-refractivity contribution in [2.24, 2.45) is 0 Å². The fraction of sp³-hybridized carbons (Fsp3) is 0.238. The van der Waals surface area contributed by atoms with Crippen LogP contribution in [0.25, 0.3) is 11.1 Å². The van der Waals surface area contributed by atoms with Gasteiger partial charge in [0.1, 0.15) is 12.1 Å². The Balaban J connectivity index is 1.64. The fourth-order valence-electron chi connectivity index (χ4n) is 3.12.